The number of thioether (sulfide) groups is 1. The minimum Gasteiger partial charge on any atom is -0.326 e. The number of likely N-dealkylation sites (tertiary alicyclic amines) is 1. The fourth-order valence-electron chi connectivity index (χ4n) is 5.27. The fourth-order valence-corrected chi connectivity index (χ4v) is 5.78. The van der Waals surface area contributed by atoms with Gasteiger partial charge in [0.15, 0.2) is 0 Å². The highest BCUT2D eigenvalue weighted by Gasteiger charge is 2.74. The molecule has 3 aliphatic rings. The van der Waals surface area contributed by atoms with Gasteiger partial charge < -0.3 is 10.2 Å². The summed E-state index contributed by atoms with van der Waals surface area (Å²) in [7, 11) is 1.76. The molecule has 1 aromatic carbocycles. The van der Waals surface area contributed by atoms with E-state index in [2.05, 4.69) is 0 Å². The molecule has 2 N–H and O–H groups in total. The zero-order chi connectivity index (χ0) is 19.5. The molecule has 0 bridgehead atoms. The van der Waals surface area contributed by atoms with Crippen LogP contribution in [0.1, 0.15) is 25.8 Å². The summed E-state index contributed by atoms with van der Waals surface area (Å²) in [5.74, 6) is -0.555. The number of carbonyl (C=O) groups excluding carboxylic acids is 3. The summed E-state index contributed by atoms with van der Waals surface area (Å²) < 4.78 is 0. The van der Waals surface area contributed by atoms with Crippen LogP contribution in [0.3, 0.4) is 0 Å². The minimum atomic E-state index is -1.02. The van der Waals surface area contributed by atoms with E-state index in [0.29, 0.717) is 0 Å². The number of para-hydroxylation sites is 1. The van der Waals surface area contributed by atoms with Gasteiger partial charge in [-0.2, -0.15) is 11.8 Å². The molecule has 3 amide bonds. The number of hydrogen-bond acceptors (Lipinski definition) is 4. The molecule has 0 saturated carbocycles. The van der Waals surface area contributed by atoms with E-state index in [4.69, 9.17) is 0 Å². The van der Waals surface area contributed by atoms with E-state index in [1.54, 1.807) is 23.7 Å². The lowest BCUT2D eigenvalue weighted by atomic mass is 9.76. The summed E-state index contributed by atoms with van der Waals surface area (Å²) in [4.78, 5) is 43.1. The Kier molecular flexibility index (Phi) is 4.35. The number of quaternary nitrogens is 1. The van der Waals surface area contributed by atoms with Crippen LogP contribution in [0.4, 0.5) is 5.69 Å². The number of nitrogens with zero attached hydrogens (tertiary/aromatic N) is 2. The van der Waals surface area contributed by atoms with Gasteiger partial charge >= 0.3 is 0 Å². The SMILES string of the molecule is CSCC[C@H]1[NH2+][C@@]2(C(=O)N(C)c3ccccc32)[C@H]2C(=O)N(C(C)C)C(=O)[C@H]12. The van der Waals surface area contributed by atoms with Crippen molar-refractivity contribution in [3.8, 4) is 0 Å². The number of fused-ring (bicyclic) bond motifs is 4. The van der Waals surface area contributed by atoms with Crippen LogP contribution in [0, 0.1) is 11.8 Å². The Morgan fingerprint density at radius 3 is 2.56 bits per heavy atom. The van der Waals surface area contributed by atoms with Crippen LogP contribution < -0.4 is 10.2 Å². The van der Waals surface area contributed by atoms with Crippen molar-refractivity contribution >= 4 is 35.2 Å². The zero-order valence-corrected chi connectivity index (χ0v) is 17.0. The second-order valence-corrected chi connectivity index (χ2v) is 8.99. The molecule has 0 radical (unpaired) electrons. The highest BCUT2D eigenvalue weighted by molar-refractivity contribution is 7.98. The van der Waals surface area contributed by atoms with E-state index in [1.807, 2.05) is 49.7 Å². The van der Waals surface area contributed by atoms with Crippen molar-refractivity contribution in [1.82, 2.24) is 4.90 Å². The average molecular weight is 389 g/mol. The Morgan fingerprint density at radius 2 is 1.89 bits per heavy atom. The molecule has 2 saturated heterocycles. The van der Waals surface area contributed by atoms with Gasteiger partial charge in [0.05, 0.1) is 5.69 Å². The van der Waals surface area contributed by atoms with E-state index in [-0.39, 0.29) is 29.8 Å². The Hall–Kier alpha value is -1.86. The first-order valence-electron chi connectivity index (χ1n) is 9.45. The number of amides is 3. The molecule has 4 rings (SSSR count). The number of benzene rings is 1. The zero-order valence-electron chi connectivity index (χ0n) is 16.1. The van der Waals surface area contributed by atoms with Crippen molar-refractivity contribution in [3.05, 3.63) is 29.8 Å². The van der Waals surface area contributed by atoms with Crippen LogP contribution >= 0.6 is 11.8 Å². The van der Waals surface area contributed by atoms with Crippen molar-refractivity contribution < 1.29 is 19.7 Å². The molecule has 0 aliphatic carbocycles. The van der Waals surface area contributed by atoms with E-state index < -0.39 is 17.4 Å². The Balaban J connectivity index is 1.88. The number of nitrogens with two attached hydrogens (primary N) is 1. The van der Waals surface area contributed by atoms with E-state index >= 15 is 0 Å². The number of carbonyl (C=O) groups is 3. The van der Waals surface area contributed by atoms with Gasteiger partial charge in [0.1, 0.15) is 17.9 Å². The van der Waals surface area contributed by atoms with Crippen molar-refractivity contribution in [3.63, 3.8) is 0 Å². The summed E-state index contributed by atoms with van der Waals surface area (Å²) in [6, 6.07) is 7.41. The van der Waals surface area contributed by atoms with Gasteiger partial charge in [-0.15, -0.1) is 0 Å². The Morgan fingerprint density at radius 1 is 1.19 bits per heavy atom. The van der Waals surface area contributed by atoms with Gasteiger partial charge in [-0.05, 0) is 31.9 Å². The van der Waals surface area contributed by atoms with Crippen LogP contribution in [0.15, 0.2) is 24.3 Å². The number of anilines is 1. The second-order valence-electron chi connectivity index (χ2n) is 8.01. The van der Waals surface area contributed by atoms with Gasteiger partial charge in [-0.3, -0.25) is 19.3 Å². The molecule has 3 aliphatic heterocycles. The maximum Gasteiger partial charge on any atom is 0.293 e. The lowest BCUT2D eigenvalue weighted by molar-refractivity contribution is -0.733. The van der Waals surface area contributed by atoms with Gasteiger partial charge in [0.2, 0.25) is 17.4 Å². The van der Waals surface area contributed by atoms with Crippen LogP contribution in [0.2, 0.25) is 0 Å². The molecule has 3 heterocycles. The summed E-state index contributed by atoms with van der Waals surface area (Å²) in [5.41, 5.74) is 0.687. The monoisotopic (exact) mass is 388 g/mol. The lowest BCUT2D eigenvalue weighted by Crippen LogP contribution is -2.99. The van der Waals surface area contributed by atoms with Gasteiger partial charge in [-0.25, -0.2) is 0 Å². The van der Waals surface area contributed by atoms with Gasteiger partial charge in [0.25, 0.3) is 5.91 Å². The largest absolute Gasteiger partial charge is 0.326 e. The standard InChI is InChI=1S/C20H25N3O3S/c1-11(2)23-17(24)15-13(9-10-27-4)21-20(16(15)18(23)25)12-7-5-6-8-14(12)22(3)19(20)26/h5-8,11,13,15-16,21H,9-10H2,1-4H3/p+1/t13-,15-,16-,20-/m1/s1. The lowest BCUT2D eigenvalue weighted by Gasteiger charge is -2.28. The number of rotatable bonds is 4. The predicted octanol–water partition coefficient (Wildman–Crippen LogP) is 0.567. The second kappa shape index (κ2) is 6.34. The molecule has 0 unspecified atom stereocenters. The number of likely N-dealkylation sites (N-methyl/N-ethyl adjacent to an activating group) is 1. The van der Waals surface area contributed by atoms with E-state index in [1.165, 1.54) is 4.90 Å². The number of hydrogen-bond donors (Lipinski definition) is 1. The highest BCUT2D eigenvalue weighted by atomic mass is 32.2. The first-order chi connectivity index (χ1) is 12.9. The maximum atomic E-state index is 13.5. The molecule has 144 valence electrons. The van der Waals surface area contributed by atoms with Crippen molar-refractivity contribution in [1.29, 1.82) is 0 Å². The molecule has 1 aromatic rings. The third-order valence-electron chi connectivity index (χ3n) is 6.36. The summed E-state index contributed by atoms with van der Waals surface area (Å²) in [6.07, 6.45) is 2.84. The molecule has 7 heteroatoms. The van der Waals surface area contributed by atoms with Crippen molar-refractivity contribution in [2.24, 2.45) is 11.8 Å². The first kappa shape index (κ1) is 18.5. The van der Waals surface area contributed by atoms with Crippen LogP contribution in [0.5, 0.6) is 0 Å². The van der Waals surface area contributed by atoms with Crippen LogP contribution in [-0.4, -0.2) is 53.8 Å². The molecule has 0 aromatic heterocycles. The topological polar surface area (TPSA) is 74.3 Å². The quantitative estimate of drug-likeness (QED) is 0.765. The molecular weight excluding hydrogens is 362 g/mol. The van der Waals surface area contributed by atoms with Crippen LogP contribution in [-0.2, 0) is 19.9 Å². The third-order valence-corrected chi connectivity index (χ3v) is 7.00. The molecule has 4 atom stereocenters. The summed E-state index contributed by atoms with van der Waals surface area (Å²) in [5, 5.41) is 2.04. The Bertz CT molecular complexity index is 826. The van der Waals surface area contributed by atoms with Crippen molar-refractivity contribution in [2.75, 3.05) is 24.0 Å². The predicted molar refractivity (Wildman–Crippen MR) is 104 cm³/mol. The smallest absolute Gasteiger partial charge is 0.293 e. The van der Waals surface area contributed by atoms with Gasteiger partial charge in [0, 0.05) is 25.1 Å². The van der Waals surface area contributed by atoms with Crippen molar-refractivity contribution in [2.45, 2.75) is 37.9 Å². The first-order valence-corrected chi connectivity index (χ1v) is 10.8. The highest BCUT2D eigenvalue weighted by Crippen LogP contribution is 2.51. The van der Waals surface area contributed by atoms with Gasteiger partial charge in [-0.1, -0.05) is 18.2 Å². The normalized spacial score (nSPS) is 32.2. The maximum absolute atomic E-state index is 13.5. The molecule has 27 heavy (non-hydrogen) atoms. The molecule has 1 spiro atoms. The molecular formula is C20H26N3O3S+. The summed E-state index contributed by atoms with van der Waals surface area (Å²) in [6.45, 7) is 3.72. The summed E-state index contributed by atoms with van der Waals surface area (Å²) >= 11 is 1.72. The van der Waals surface area contributed by atoms with E-state index in [0.717, 1.165) is 23.4 Å². The Labute approximate surface area is 163 Å². The molecule has 6 nitrogen and oxygen atoms in total. The minimum absolute atomic E-state index is 0.0637. The number of imide groups is 1. The van der Waals surface area contributed by atoms with E-state index in [9.17, 15) is 14.4 Å². The average Bonchev–Trinajstić information content (AvgIpc) is 3.20. The molecule has 2 fully saturated rings. The van der Waals surface area contributed by atoms with Crippen LogP contribution in [0.25, 0.3) is 0 Å². The fraction of sp³-hybridized carbons (Fsp3) is 0.550. The third kappa shape index (κ3) is 2.27.